The fourth-order valence-electron chi connectivity index (χ4n) is 2.82. The number of hydrogen-bond donors (Lipinski definition) is 2. The van der Waals surface area contributed by atoms with Crippen LogP contribution in [0.25, 0.3) is 33.4 Å². The van der Waals surface area contributed by atoms with E-state index in [9.17, 15) is 14.4 Å². The standard InChI is InChI=1S/C19H12N2O4/c22-17-12-8-4-5-9-14(12)25-10-13(17)16-15(11-6-2-1-3-7-11)18(23)21-19(24)20-16/h1-10H,(H2,20,21,23,24). The van der Waals surface area contributed by atoms with E-state index in [0.29, 0.717) is 16.5 Å². The minimum atomic E-state index is -0.688. The Hall–Kier alpha value is -3.67. The van der Waals surface area contributed by atoms with E-state index < -0.39 is 11.2 Å². The molecule has 0 spiro atoms. The molecule has 0 aliphatic carbocycles. The van der Waals surface area contributed by atoms with Crippen molar-refractivity contribution in [2.45, 2.75) is 0 Å². The number of H-pyrrole nitrogens is 2. The summed E-state index contributed by atoms with van der Waals surface area (Å²) in [4.78, 5) is 41.8. The van der Waals surface area contributed by atoms with Gasteiger partial charge in [-0.3, -0.25) is 14.6 Å². The molecule has 0 aliphatic rings. The second kappa shape index (κ2) is 5.76. The van der Waals surface area contributed by atoms with Crippen LogP contribution in [-0.4, -0.2) is 9.97 Å². The third kappa shape index (κ3) is 2.49. The normalized spacial score (nSPS) is 10.9. The van der Waals surface area contributed by atoms with Crippen LogP contribution in [0, 0.1) is 0 Å². The van der Waals surface area contributed by atoms with Crippen LogP contribution in [0.4, 0.5) is 0 Å². The molecule has 0 fully saturated rings. The molecule has 2 heterocycles. The summed E-state index contributed by atoms with van der Waals surface area (Å²) in [5, 5.41) is 0.375. The number of fused-ring (bicyclic) bond motifs is 1. The van der Waals surface area contributed by atoms with Gasteiger partial charge in [-0.25, -0.2) is 4.79 Å². The number of benzene rings is 2. The van der Waals surface area contributed by atoms with Gasteiger partial charge in [-0.1, -0.05) is 42.5 Å². The zero-order valence-electron chi connectivity index (χ0n) is 12.9. The highest BCUT2D eigenvalue weighted by Gasteiger charge is 2.17. The van der Waals surface area contributed by atoms with Crippen LogP contribution >= 0.6 is 0 Å². The lowest BCUT2D eigenvalue weighted by Gasteiger charge is -2.08. The maximum absolute atomic E-state index is 12.8. The summed E-state index contributed by atoms with van der Waals surface area (Å²) >= 11 is 0. The lowest BCUT2D eigenvalue weighted by atomic mass is 10.0. The van der Waals surface area contributed by atoms with Crippen molar-refractivity contribution in [2.75, 3.05) is 0 Å². The molecule has 4 aromatic rings. The van der Waals surface area contributed by atoms with E-state index in [1.54, 1.807) is 48.5 Å². The molecular weight excluding hydrogens is 320 g/mol. The number of hydrogen-bond acceptors (Lipinski definition) is 4. The topological polar surface area (TPSA) is 95.9 Å². The smallest absolute Gasteiger partial charge is 0.326 e. The number of aromatic nitrogens is 2. The van der Waals surface area contributed by atoms with Gasteiger partial charge in [0, 0.05) is 0 Å². The van der Waals surface area contributed by atoms with E-state index in [0.717, 1.165) is 0 Å². The molecule has 6 nitrogen and oxygen atoms in total. The number of para-hydroxylation sites is 1. The molecule has 0 unspecified atom stereocenters. The molecule has 25 heavy (non-hydrogen) atoms. The largest absolute Gasteiger partial charge is 0.463 e. The average molecular weight is 332 g/mol. The van der Waals surface area contributed by atoms with Crippen molar-refractivity contribution in [1.29, 1.82) is 0 Å². The van der Waals surface area contributed by atoms with Gasteiger partial charge in [0.05, 0.1) is 22.2 Å². The number of aromatic amines is 2. The zero-order valence-corrected chi connectivity index (χ0v) is 12.9. The van der Waals surface area contributed by atoms with Crippen LogP contribution in [0.5, 0.6) is 0 Å². The fraction of sp³-hybridized carbons (Fsp3) is 0. The molecule has 2 aromatic heterocycles. The van der Waals surface area contributed by atoms with Crippen molar-refractivity contribution in [3.63, 3.8) is 0 Å². The zero-order chi connectivity index (χ0) is 17.4. The Bertz CT molecular complexity index is 1250. The maximum Gasteiger partial charge on any atom is 0.326 e. The fourth-order valence-corrected chi connectivity index (χ4v) is 2.82. The van der Waals surface area contributed by atoms with Crippen LogP contribution in [0.3, 0.4) is 0 Å². The average Bonchev–Trinajstić information content (AvgIpc) is 2.62. The SMILES string of the molecule is O=c1[nH]c(-c2coc3ccccc3c2=O)c(-c2ccccc2)c(=O)[nH]1. The van der Waals surface area contributed by atoms with Crippen LogP contribution in [0.2, 0.25) is 0 Å². The summed E-state index contributed by atoms with van der Waals surface area (Å²) in [7, 11) is 0. The van der Waals surface area contributed by atoms with Gasteiger partial charge in [0.15, 0.2) is 0 Å². The van der Waals surface area contributed by atoms with E-state index in [1.807, 2.05) is 6.07 Å². The Morgan fingerprint density at radius 2 is 1.52 bits per heavy atom. The lowest BCUT2D eigenvalue weighted by Crippen LogP contribution is -2.25. The van der Waals surface area contributed by atoms with Gasteiger partial charge in [-0.05, 0) is 17.7 Å². The Morgan fingerprint density at radius 3 is 2.32 bits per heavy atom. The number of rotatable bonds is 2. The molecule has 0 saturated heterocycles. The van der Waals surface area contributed by atoms with Gasteiger partial charge in [0.2, 0.25) is 5.43 Å². The maximum atomic E-state index is 12.8. The molecule has 0 atom stereocenters. The molecule has 0 radical (unpaired) electrons. The highest BCUT2D eigenvalue weighted by molar-refractivity contribution is 5.85. The highest BCUT2D eigenvalue weighted by Crippen LogP contribution is 2.25. The van der Waals surface area contributed by atoms with Crippen molar-refractivity contribution >= 4 is 11.0 Å². The first-order chi connectivity index (χ1) is 12.1. The molecule has 0 aliphatic heterocycles. The van der Waals surface area contributed by atoms with Gasteiger partial charge < -0.3 is 9.40 Å². The van der Waals surface area contributed by atoms with Crippen molar-refractivity contribution in [3.8, 4) is 22.4 Å². The molecule has 0 amide bonds. The Balaban J connectivity index is 2.11. The van der Waals surface area contributed by atoms with Crippen molar-refractivity contribution in [3.05, 3.63) is 91.9 Å². The molecule has 2 N–H and O–H groups in total. The summed E-state index contributed by atoms with van der Waals surface area (Å²) in [6.07, 6.45) is 1.27. The Morgan fingerprint density at radius 1 is 0.800 bits per heavy atom. The van der Waals surface area contributed by atoms with Crippen LogP contribution in [0.1, 0.15) is 0 Å². The minimum absolute atomic E-state index is 0.126. The van der Waals surface area contributed by atoms with Crippen molar-refractivity contribution < 1.29 is 4.42 Å². The van der Waals surface area contributed by atoms with Gasteiger partial charge in [-0.15, -0.1) is 0 Å². The van der Waals surface area contributed by atoms with Crippen molar-refractivity contribution in [2.24, 2.45) is 0 Å². The van der Waals surface area contributed by atoms with E-state index >= 15 is 0 Å². The first kappa shape index (κ1) is 14.9. The summed E-state index contributed by atoms with van der Waals surface area (Å²) in [5.41, 5.74) is -0.0831. The molecule has 4 rings (SSSR count). The molecule has 6 heteroatoms. The third-order valence-corrected chi connectivity index (χ3v) is 3.95. The summed E-state index contributed by atoms with van der Waals surface area (Å²) in [5.74, 6) is 0. The monoisotopic (exact) mass is 332 g/mol. The van der Waals surface area contributed by atoms with Crippen LogP contribution in [0.15, 0.2) is 79.7 Å². The predicted octanol–water partition coefficient (Wildman–Crippen LogP) is 2.50. The second-order valence-corrected chi connectivity index (χ2v) is 5.50. The first-order valence-electron chi connectivity index (χ1n) is 7.58. The number of nitrogens with one attached hydrogen (secondary N) is 2. The second-order valence-electron chi connectivity index (χ2n) is 5.50. The molecule has 2 aromatic carbocycles. The molecular formula is C19H12N2O4. The van der Waals surface area contributed by atoms with Gasteiger partial charge in [0.25, 0.3) is 5.56 Å². The molecule has 0 bridgehead atoms. The van der Waals surface area contributed by atoms with Gasteiger partial charge in [-0.2, -0.15) is 0 Å². The summed E-state index contributed by atoms with van der Waals surface area (Å²) < 4.78 is 5.51. The predicted molar refractivity (Wildman–Crippen MR) is 94.6 cm³/mol. The van der Waals surface area contributed by atoms with Crippen LogP contribution < -0.4 is 16.7 Å². The third-order valence-electron chi connectivity index (χ3n) is 3.95. The molecule has 122 valence electrons. The first-order valence-corrected chi connectivity index (χ1v) is 7.58. The summed E-state index contributed by atoms with van der Waals surface area (Å²) in [6, 6.07) is 15.6. The lowest BCUT2D eigenvalue weighted by molar-refractivity contribution is 0.604. The van der Waals surface area contributed by atoms with Gasteiger partial charge in [0.1, 0.15) is 11.8 Å². The summed E-state index contributed by atoms with van der Waals surface area (Å²) in [6.45, 7) is 0. The van der Waals surface area contributed by atoms with E-state index in [2.05, 4.69) is 9.97 Å². The quantitative estimate of drug-likeness (QED) is 0.589. The van der Waals surface area contributed by atoms with Crippen molar-refractivity contribution in [1.82, 2.24) is 9.97 Å². The molecule has 0 saturated carbocycles. The Kier molecular flexibility index (Phi) is 3.43. The van der Waals surface area contributed by atoms with Crippen LogP contribution in [-0.2, 0) is 0 Å². The van der Waals surface area contributed by atoms with Gasteiger partial charge >= 0.3 is 5.69 Å². The van der Waals surface area contributed by atoms with E-state index in [-0.39, 0.29) is 22.2 Å². The highest BCUT2D eigenvalue weighted by atomic mass is 16.3. The van der Waals surface area contributed by atoms with E-state index in [1.165, 1.54) is 6.26 Å². The van der Waals surface area contributed by atoms with E-state index in [4.69, 9.17) is 4.42 Å². The minimum Gasteiger partial charge on any atom is -0.463 e. The Labute approximate surface area is 140 Å².